The van der Waals surface area contributed by atoms with Gasteiger partial charge in [-0.15, -0.1) is 0 Å². The van der Waals surface area contributed by atoms with Crippen LogP contribution in [-0.4, -0.2) is 28.9 Å². The van der Waals surface area contributed by atoms with E-state index in [4.69, 9.17) is 16.3 Å². The lowest BCUT2D eigenvalue weighted by Crippen LogP contribution is -2.27. The highest BCUT2D eigenvalue weighted by molar-refractivity contribution is 6.32. The lowest BCUT2D eigenvalue weighted by molar-refractivity contribution is 0.0793. The molecule has 1 fully saturated rings. The molecule has 21 heavy (non-hydrogen) atoms. The van der Waals surface area contributed by atoms with Gasteiger partial charge in [0.05, 0.1) is 5.02 Å². The number of carbonyl (C=O) groups is 1. The fourth-order valence-electron chi connectivity index (χ4n) is 2.35. The van der Waals surface area contributed by atoms with Crippen molar-refractivity contribution in [3.63, 3.8) is 0 Å². The van der Waals surface area contributed by atoms with Crippen LogP contribution in [0.4, 0.5) is 0 Å². The first-order valence-corrected chi connectivity index (χ1v) is 7.28. The Morgan fingerprint density at radius 1 is 1.14 bits per heavy atom. The third-order valence-electron chi connectivity index (χ3n) is 3.45. The smallest absolute Gasteiger partial charge is 0.253 e. The summed E-state index contributed by atoms with van der Waals surface area (Å²) < 4.78 is 5.67. The van der Waals surface area contributed by atoms with E-state index in [2.05, 4.69) is 4.98 Å². The molecule has 0 atom stereocenters. The molecule has 0 spiro atoms. The largest absolute Gasteiger partial charge is 0.456 e. The van der Waals surface area contributed by atoms with Gasteiger partial charge in [-0.2, -0.15) is 0 Å². The van der Waals surface area contributed by atoms with Gasteiger partial charge < -0.3 is 9.64 Å². The van der Waals surface area contributed by atoms with Crippen molar-refractivity contribution in [2.75, 3.05) is 13.1 Å². The summed E-state index contributed by atoms with van der Waals surface area (Å²) >= 11 is 6.22. The van der Waals surface area contributed by atoms with Gasteiger partial charge in [0.25, 0.3) is 5.91 Å². The van der Waals surface area contributed by atoms with Gasteiger partial charge in [-0.1, -0.05) is 11.6 Å². The van der Waals surface area contributed by atoms with E-state index in [1.807, 2.05) is 4.90 Å². The molecule has 1 aromatic heterocycles. The van der Waals surface area contributed by atoms with E-state index in [-0.39, 0.29) is 5.91 Å². The van der Waals surface area contributed by atoms with Crippen LogP contribution in [0.2, 0.25) is 5.02 Å². The highest BCUT2D eigenvalue weighted by Crippen LogP contribution is 2.30. The van der Waals surface area contributed by atoms with Crippen LogP contribution in [0.25, 0.3) is 0 Å². The van der Waals surface area contributed by atoms with Gasteiger partial charge >= 0.3 is 0 Å². The van der Waals surface area contributed by atoms with Gasteiger partial charge in [-0.25, -0.2) is 0 Å². The summed E-state index contributed by atoms with van der Waals surface area (Å²) in [5, 5.41) is 0.428. The number of hydrogen-bond donors (Lipinski definition) is 0. The maximum Gasteiger partial charge on any atom is 0.253 e. The first kappa shape index (κ1) is 13.9. The number of benzene rings is 1. The van der Waals surface area contributed by atoms with Crippen LogP contribution in [0.15, 0.2) is 42.7 Å². The van der Waals surface area contributed by atoms with Crippen molar-refractivity contribution in [3.8, 4) is 11.5 Å². The Kier molecular flexibility index (Phi) is 4.06. The van der Waals surface area contributed by atoms with E-state index in [1.165, 1.54) is 0 Å². The van der Waals surface area contributed by atoms with Crippen molar-refractivity contribution in [2.45, 2.75) is 12.8 Å². The highest BCUT2D eigenvalue weighted by atomic mass is 35.5. The second kappa shape index (κ2) is 6.14. The Labute approximate surface area is 128 Å². The number of ether oxygens (including phenoxy) is 1. The van der Waals surface area contributed by atoms with Gasteiger partial charge in [-0.3, -0.25) is 9.78 Å². The van der Waals surface area contributed by atoms with Crippen LogP contribution in [0.5, 0.6) is 11.5 Å². The Bertz CT molecular complexity index is 640. The minimum Gasteiger partial charge on any atom is -0.456 e. The maximum absolute atomic E-state index is 12.3. The van der Waals surface area contributed by atoms with Gasteiger partial charge in [-0.05, 0) is 43.2 Å². The zero-order chi connectivity index (χ0) is 14.7. The summed E-state index contributed by atoms with van der Waals surface area (Å²) in [6.07, 6.45) is 5.44. The zero-order valence-corrected chi connectivity index (χ0v) is 12.2. The molecule has 0 aliphatic carbocycles. The van der Waals surface area contributed by atoms with Crippen LogP contribution < -0.4 is 4.74 Å². The topological polar surface area (TPSA) is 42.4 Å². The summed E-state index contributed by atoms with van der Waals surface area (Å²) in [7, 11) is 0. The van der Waals surface area contributed by atoms with Gasteiger partial charge in [0.15, 0.2) is 0 Å². The Hall–Kier alpha value is -2.07. The second-order valence-corrected chi connectivity index (χ2v) is 5.34. The summed E-state index contributed by atoms with van der Waals surface area (Å²) in [5.41, 5.74) is 0.601. The summed E-state index contributed by atoms with van der Waals surface area (Å²) in [6.45, 7) is 1.65. The lowest BCUT2D eigenvalue weighted by atomic mass is 10.2. The SMILES string of the molecule is O=C(c1ccc(Oc2ccncc2)c(Cl)c1)N1CCCC1. The number of likely N-dealkylation sites (tertiary alicyclic amines) is 1. The van der Waals surface area contributed by atoms with E-state index in [0.717, 1.165) is 25.9 Å². The molecule has 3 rings (SSSR count). The molecule has 0 saturated carbocycles. The Morgan fingerprint density at radius 3 is 2.52 bits per heavy atom. The molecule has 0 radical (unpaired) electrons. The number of halogens is 1. The second-order valence-electron chi connectivity index (χ2n) is 4.93. The minimum atomic E-state index is 0.0323. The summed E-state index contributed by atoms with van der Waals surface area (Å²) in [6, 6.07) is 8.65. The number of aromatic nitrogens is 1. The Morgan fingerprint density at radius 2 is 1.86 bits per heavy atom. The van der Waals surface area contributed by atoms with Crippen molar-refractivity contribution < 1.29 is 9.53 Å². The van der Waals surface area contributed by atoms with Gasteiger partial charge in [0.2, 0.25) is 0 Å². The fraction of sp³-hybridized carbons (Fsp3) is 0.250. The van der Waals surface area contributed by atoms with Crippen molar-refractivity contribution in [1.82, 2.24) is 9.88 Å². The molecule has 1 aromatic carbocycles. The molecule has 0 N–H and O–H groups in total. The molecule has 1 aliphatic rings. The third kappa shape index (κ3) is 3.16. The van der Waals surface area contributed by atoms with Crippen LogP contribution in [-0.2, 0) is 0 Å². The van der Waals surface area contributed by atoms with E-state index < -0.39 is 0 Å². The third-order valence-corrected chi connectivity index (χ3v) is 3.75. The molecular formula is C16H15ClN2O2. The summed E-state index contributed by atoms with van der Waals surface area (Å²) in [4.78, 5) is 18.1. The standard InChI is InChI=1S/C16H15ClN2O2/c17-14-11-12(16(20)19-9-1-2-10-19)3-4-15(14)21-13-5-7-18-8-6-13/h3-8,11H,1-2,9-10H2. The van der Waals surface area contributed by atoms with Crippen molar-refractivity contribution in [3.05, 3.63) is 53.3 Å². The van der Waals surface area contributed by atoms with E-state index in [1.54, 1.807) is 42.7 Å². The first-order valence-electron chi connectivity index (χ1n) is 6.91. The number of nitrogens with zero attached hydrogens (tertiary/aromatic N) is 2. The van der Waals surface area contributed by atoms with Crippen molar-refractivity contribution in [1.29, 1.82) is 0 Å². The van der Waals surface area contributed by atoms with Crippen LogP contribution in [0.3, 0.4) is 0 Å². The average Bonchev–Trinajstić information content (AvgIpc) is 3.04. The number of amides is 1. The zero-order valence-electron chi connectivity index (χ0n) is 11.5. The van der Waals surface area contributed by atoms with E-state index >= 15 is 0 Å². The quantitative estimate of drug-likeness (QED) is 0.867. The molecule has 4 nitrogen and oxygen atoms in total. The number of hydrogen-bond acceptors (Lipinski definition) is 3. The molecule has 1 saturated heterocycles. The minimum absolute atomic E-state index is 0.0323. The fourth-order valence-corrected chi connectivity index (χ4v) is 2.57. The normalized spacial score (nSPS) is 14.2. The summed E-state index contributed by atoms with van der Waals surface area (Å²) in [5.74, 6) is 1.22. The predicted octanol–water partition coefficient (Wildman–Crippen LogP) is 3.76. The molecule has 2 aromatic rings. The predicted molar refractivity (Wildman–Crippen MR) is 80.9 cm³/mol. The van der Waals surface area contributed by atoms with Crippen LogP contribution >= 0.6 is 11.6 Å². The Balaban J connectivity index is 1.78. The van der Waals surface area contributed by atoms with Gasteiger partial charge in [0.1, 0.15) is 11.5 Å². The average molecular weight is 303 g/mol. The number of carbonyl (C=O) groups excluding carboxylic acids is 1. The van der Waals surface area contributed by atoms with Crippen LogP contribution in [0, 0.1) is 0 Å². The molecule has 2 heterocycles. The van der Waals surface area contributed by atoms with E-state index in [0.29, 0.717) is 22.1 Å². The molecule has 0 unspecified atom stereocenters. The molecule has 0 bridgehead atoms. The molecule has 108 valence electrons. The monoisotopic (exact) mass is 302 g/mol. The molecule has 1 aliphatic heterocycles. The number of pyridine rings is 1. The highest BCUT2D eigenvalue weighted by Gasteiger charge is 2.20. The van der Waals surface area contributed by atoms with Crippen molar-refractivity contribution >= 4 is 17.5 Å². The molecule has 5 heteroatoms. The van der Waals surface area contributed by atoms with Crippen molar-refractivity contribution in [2.24, 2.45) is 0 Å². The van der Waals surface area contributed by atoms with Crippen LogP contribution in [0.1, 0.15) is 23.2 Å². The van der Waals surface area contributed by atoms with Gasteiger partial charge in [0, 0.05) is 31.0 Å². The maximum atomic E-state index is 12.3. The lowest BCUT2D eigenvalue weighted by Gasteiger charge is -2.16. The number of rotatable bonds is 3. The van der Waals surface area contributed by atoms with E-state index in [9.17, 15) is 4.79 Å². The molecule has 1 amide bonds. The first-order chi connectivity index (χ1) is 10.2. The molecular weight excluding hydrogens is 288 g/mol.